The van der Waals surface area contributed by atoms with Crippen LogP contribution in [0.5, 0.6) is 0 Å². The Labute approximate surface area is 114 Å². The van der Waals surface area contributed by atoms with Gasteiger partial charge in [-0.25, -0.2) is 0 Å². The first-order valence-corrected chi connectivity index (χ1v) is 5.98. The quantitative estimate of drug-likeness (QED) is 0.676. The van der Waals surface area contributed by atoms with Gasteiger partial charge in [0.05, 0.1) is 22.5 Å². The van der Waals surface area contributed by atoms with E-state index in [4.69, 9.17) is 10.7 Å². The summed E-state index contributed by atoms with van der Waals surface area (Å²) in [5.41, 5.74) is 1.98. The van der Waals surface area contributed by atoms with E-state index in [2.05, 4.69) is 10.6 Å². The number of hydrogen-bond acceptors (Lipinski definition) is 4. The molecule has 1 aromatic heterocycles. The maximum Gasteiger partial charge on any atom is 0.259 e. The molecule has 0 aliphatic carbocycles. The lowest BCUT2D eigenvalue weighted by atomic mass is 10.1. The first kappa shape index (κ1) is 12.0. The zero-order valence-electron chi connectivity index (χ0n) is 10.7. The van der Waals surface area contributed by atoms with Gasteiger partial charge in [-0.1, -0.05) is 12.1 Å². The summed E-state index contributed by atoms with van der Waals surface area (Å²) >= 11 is 0. The van der Waals surface area contributed by atoms with Crippen LogP contribution >= 0.6 is 0 Å². The second-order valence-corrected chi connectivity index (χ2v) is 4.46. The van der Waals surface area contributed by atoms with Crippen LogP contribution in [0.3, 0.4) is 0 Å². The van der Waals surface area contributed by atoms with Crippen molar-refractivity contribution in [3.05, 3.63) is 46.9 Å². The van der Waals surface area contributed by atoms with Crippen molar-refractivity contribution in [1.29, 1.82) is 10.7 Å². The molecule has 1 aromatic carbocycles. The second kappa shape index (κ2) is 4.24. The molecule has 0 saturated heterocycles. The van der Waals surface area contributed by atoms with Crippen molar-refractivity contribution in [2.75, 3.05) is 10.6 Å². The predicted octanol–water partition coefficient (Wildman–Crippen LogP) is 1.69. The lowest BCUT2D eigenvalue weighted by Gasteiger charge is -2.13. The molecule has 1 aliphatic heterocycles. The van der Waals surface area contributed by atoms with E-state index in [0.717, 1.165) is 5.69 Å². The molecule has 6 nitrogen and oxygen atoms in total. The van der Waals surface area contributed by atoms with Gasteiger partial charge in [-0.15, -0.1) is 0 Å². The maximum absolute atomic E-state index is 12.3. The van der Waals surface area contributed by atoms with Crippen LogP contribution in [0, 0.1) is 16.7 Å². The minimum atomic E-state index is -0.301. The van der Waals surface area contributed by atoms with E-state index in [9.17, 15) is 4.79 Å². The molecule has 2 heterocycles. The first-order chi connectivity index (χ1) is 9.61. The van der Waals surface area contributed by atoms with E-state index in [-0.39, 0.29) is 17.0 Å². The molecule has 3 rings (SSSR count). The lowest BCUT2D eigenvalue weighted by molar-refractivity contribution is 0.102. The molecule has 0 bridgehead atoms. The SMILES string of the molecule is Cn1c2c(cc(C#N)c1=N)C(=O)Nc1ccccc1N2. The Morgan fingerprint density at radius 2 is 1.90 bits per heavy atom. The third kappa shape index (κ3) is 1.65. The number of carbonyl (C=O) groups is 1. The van der Waals surface area contributed by atoms with Gasteiger partial charge in [0.15, 0.2) is 0 Å². The van der Waals surface area contributed by atoms with Gasteiger partial charge in [0.2, 0.25) is 0 Å². The van der Waals surface area contributed by atoms with Crippen LogP contribution in [-0.4, -0.2) is 10.5 Å². The van der Waals surface area contributed by atoms with Crippen LogP contribution in [0.1, 0.15) is 15.9 Å². The zero-order valence-corrected chi connectivity index (χ0v) is 10.7. The Balaban J connectivity index is 2.30. The van der Waals surface area contributed by atoms with Crippen molar-refractivity contribution in [1.82, 2.24) is 4.57 Å². The fourth-order valence-electron chi connectivity index (χ4n) is 2.18. The van der Waals surface area contributed by atoms with E-state index in [1.165, 1.54) is 10.6 Å². The number of aromatic nitrogens is 1. The topological polar surface area (TPSA) is 93.7 Å². The molecule has 2 aromatic rings. The molecule has 6 heteroatoms. The summed E-state index contributed by atoms with van der Waals surface area (Å²) in [5, 5.41) is 22.9. The molecule has 0 radical (unpaired) electrons. The van der Waals surface area contributed by atoms with Gasteiger partial charge in [0.25, 0.3) is 5.91 Å². The number of fused-ring (bicyclic) bond motifs is 2. The van der Waals surface area contributed by atoms with Crippen LogP contribution in [0.2, 0.25) is 0 Å². The van der Waals surface area contributed by atoms with E-state index in [0.29, 0.717) is 17.1 Å². The standard InChI is InChI=1S/C14H11N5O/c1-19-12(16)8(7-15)6-9-13(19)17-10-4-2-3-5-11(10)18-14(9)20/h2-6,16-17H,1H3,(H,18,20). The molecule has 20 heavy (non-hydrogen) atoms. The van der Waals surface area contributed by atoms with Crippen molar-refractivity contribution < 1.29 is 4.79 Å². The van der Waals surface area contributed by atoms with E-state index >= 15 is 0 Å². The molecule has 0 spiro atoms. The number of amides is 1. The molecule has 3 N–H and O–H groups in total. The molecule has 98 valence electrons. The van der Waals surface area contributed by atoms with Crippen molar-refractivity contribution >= 4 is 23.1 Å². The molecule has 0 fully saturated rings. The van der Waals surface area contributed by atoms with Crippen molar-refractivity contribution in [3.8, 4) is 6.07 Å². The van der Waals surface area contributed by atoms with Crippen LogP contribution in [0.15, 0.2) is 30.3 Å². The number of nitrogens with zero attached hydrogens (tertiary/aromatic N) is 2. The van der Waals surface area contributed by atoms with Crippen LogP contribution in [0.25, 0.3) is 0 Å². The van der Waals surface area contributed by atoms with Gasteiger partial charge < -0.3 is 15.2 Å². The average Bonchev–Trinajstić information content (AvgIpc) is 2.59. The van der Waals surface area contributed by atoms with E-state index in [1.54, 1.807) is 13.1 Å². The summed E-state index contributed by atoms with van der Waals surface area (Å²) in [7, 11) is 1.65. The largest absolute Gasteiger partial charge is 0.339 e. The third-order valence-corrected chi connectivity index (χ3v) is 3.26. The van der Waals surface area contributed by atoms with Gasteiger partial charge in [0.1, 0.15) is 17.4 Å². The van der Waals surface area contributed by atoms with Gasteiger partial charge in [-0.2, -0.15) is 5.26 Å². The molecule has 0 saturated carbocycles. The number of para-hydroxylation sites is 2. The smallest absolute Gasteiger partial charge is 0.259 e. The minimum Gasteiger partial charge on any atom is -0.339 e. The molecule has 0 atom stereocenters. The summed E-state index contributed by atoms with van der Waals surface area (Å²) in [6.07, 6.45) is 0. The lowest BCUT2D eigenvalue weighted by Crippen LogP contribution is -2.25. The van der Waals surface area contributed by atoms with Gasteiger partial charge in [0, 0.05) is 7.05 Å². The number of pyridine rings is 1. The monoisotopic (exact) mass is 265 g/mol. The van der Waals surface area contributed by atoms with E-state index in [1.807, 2.05) is 24.3 Å². The normalized spacial score (nSPS) is 12.3. The zero-order chi connectivity index (χ0) is 14.3. The highest BCUT2D eigenvalue weighted by molar-refractivity contribution is 6.11. The van der Waals surface area contributed by atoms with Crippen molar-refractivity contribution in [2.24, 2.45) is 7.05 Å². The Morgan fingerprint density at radius 1 is 1.25 bits per heavy atom. The van der Waals surface area contributed by atoms with Gasteiger partial charge in [-0.05, 0) is 18.2 Å². The predicted molar refractivity (Wildman–Crippen MR) is 73.7 cm³/mol. The molecule has 0 unspecified atom stereocenters. The number of nitrogens with one attached hydrogen (secondary N) is 3. The minimum absolute atomic E-state index is 0.0610. The van der Waals surface area contributed by atoms with Crippen LogP contribution in [-0.2, 0) is 7.05 Å². The molecule has 1 aliphatic rings. The van der Waals surface area contributed by atoms with E-state index < -0.39 is 0 Å². The number of hydrogen-bond donors (Lipinski definition) is 3. The second-order valence-electron chi connectivity index (χ2n) is 4.46. The molecule has 1 amide bonds. The Hall–Kier alpha value is -3.07. The maximum atomic E-state index is 12.3. The highest BCUT2D eigenvalue weighted by atomic mass is 16.1. The summed E-state index contributed by atoms with van der Waals surface area (Å²) in [4.78, 5) is 12.3. The Bertz CT molecular complexity index is 828. The molecular weight excluding hydrogens is 254 g/mol. The Morgan fingerprint density at radius 3 is 2.55 bits per heavy atom. The summed E-state index contributed by atoms with van der Waals surface area (Å²) in [6, 6.07) is 10.7. The third-order valence-electron chi connectivity index (χ3n) is 3.26. The average molecular weight is 265 g/mol. The summed E-state index contributed by atoms with van der Waals surface area (Å²) in [5.74, 6) is 0.195. The van der Waals surface area contributed by atoms with Crippen LogP contribution in [0.4, 0.5) is 17.2 Å². The molecular formula is C14H11N5O. The number of benzene rings is 1. The summed E-state index contributed by atoms with van der Waals surface area (Å²) in [6.45, 7) is 0. The fourth-order valence-corrected chi connectivity index (χ4v) is 2.18. The fraction of sp³-hybridized carbons (Fsp3) is 0.0714. The van der Waals surface area contributed by atoms with Crippen LogP contribution < -0.4 is 16.1 Å². The number of rotatable bonds is 0. The number of anilines is 3. The number of carbonyl (C=O) groups excluding carboxylic acids is 1. The van der Waals surface area contributed by atoms with Crippen molar-refractivity contribution in [2.45, 2.75) is 0 Å². The first-order valence-electron chi connectivity index (χ1n) is 5.98. The van der Waals surface area contributed by atoms with Crippen molar-refractivity contribution in [3.63, 3.8) is 0 Å². The Kier molecular flexibility index (Phi) is 2.54. The van der Waals surface area contributed by atoms with Gasteiger partial charge >= 0.3 is 0 Å². The number of nitriles is 1. The highest BCUT2D eigenvalue weighted by Gasteiger charge is 2.22. The van der Waals surface area contributed by atoms with Gasteiger partial charge in [-0.3, -0.25) is 10.2 Å². The summed E-state index contributed by atoms with van der Waals surface area (Å²) < 4.78 is 1.50. The highest BCUT2D eigenvalue weighted by Crippen LogP contribution is 2.30.